The van der Waals surface area contributed by atoms with Crippen LogP contribution in [0.5, 0.6) is 0 Å². The number of carbonyl (C=O) groups excluding carboxylic acids is 3. The summed E-state index contributed by atoms with van der Waals surface area (Å²) in [6, 6.07) is 10.6. The number of primary amides is 1. The van der Waals surface area contributed by atoms with Crippen molar-refractivity contribution >= 4 is 46.2 Å². The van der Waals surface area contributed by atoms with E-state index in [0.29, 0.717) is 36.0 Å². The molecule has 0 bridgehead atoms. The first-order chi connectivity index (χ1) is 15.8. The number of carbonyl (C=O) groups is 3. The van der Waals surface area contributed by atoms with Crippen molar-refractivity contribution in [1.82, 2.24) is 14.8 Å². The largest absolute Gasteiger partial charge is 0.351 e. The number of halogens is 2. The van der Waals surface area contributed by atoms with E-state index in [4.69, 9.17) is 17.3 Å². The summed E-state index contributed by atoms with van der Waals surface area (Å²) in [5.41, 5.74) is 5.77. The van der Waals surface area contributed by atoms with Crippen LogP contribution >= 0.6 is 11.6 Å². The molecule has 1 saturated heterocycles. The standard InChI is InChI=1S/C23H21ClFN5O3/c24-16-6-3-4-13(19(16)25)11-27-20(31)23-10-14(23)8-9-30(23)22(33)28-17-12-29(21(26)32)18-7-2-1-5-15(17)18/h1-7,12,14H,8-11H2,(H2,26,32)(H,27,31)(H,28,33)/t14-,23+/m1/s1. The topological polar surface area (TPSA) is 109 Å². The average molecular weight is 470 g/mol. The van der Waals surface area contributed by atoms with Crippen molar-refractivity contribution in [2.24, 2.45) is 11.7 Å². The SMILES string of the molecule is NC(=O)n1cc(NC(=O)N2CC[C@@H]3C[C@@]32C(=O)NCc2cccc(Cl)c2F)c2ccccc21. The highest BCUT2D eigenvalue weighted by molar-refractivity contribution is 6.30. The molecule has 0 unspecified atom stereocenters. The van der Waals surface area contributed by atoms with E-state index in [0.717, 1.165) is 0 Å². The smallest absolute Gasteiger partial charge is 0.323 e. The number of amides is 4. The Morgan fingerprint density at radius 3 is 2.73 bits per heavy atom. The second kappa shape index (κ2) is 7.77. The third-order valence-electron chi connectivity index (χ3n) is 6.56. The zero-order chi connectivity index (χ0) is 23.3. The molecule has 1 saturated carbocycles. The number of likely N-dealkylation sites (tertiary alicyclic amines) is 1. The van der Waals surface area contributed by atoms with Gasteiger partial charge >= 0.3 is 12.1 Å². The highest BCUT2D eigenvalue weighted by atomic mass is 35.5. The number of nitrogens with zero attached hydrogens (tertiary/aromatic N) is 2. The van der Waals surface area contributed by atoms with E-state index in [9.17, 15) is 18.8 Å². The molecular formula is C23H21ClFN5O3. The molecule has 2 aromatic carbocycles. The lowest BCUT2D eigenvalue weighted by atomic mass is 10.1. The molecule has 10 heteroatoms. The van der Waals surface area contributed by atoms with Gasteiger partial charge in [0.25, 0.3) is 0 Å². The summed E-state index contributed by atoms with van der Waals surface area (Å²) in [6.45, 7) is 0.394. The summed E-state index contributed by atoms with van der Waals surface area (Å²) in [5.74, 6) is -0.838. The van der Waals surface area contributed by atoms with Gasteiger partial charge in [-0.05, 0) is 30.9 Å². The van der Waals surface area contributed by atoms with Crippen LogP contribution in [0.3, 0.4) is 0 Å². The Labute approximate surface area is 193 Å². The van der Waals surface area contributed by atoms with Crippen LogP contribution in [-0.2, 0) is 11.3 Å². The molecule has 1 aliphatic carbocycles. The number of piperidine rings is 1. The number of nitrogens with one attached hydrogen (secondary N) is 2. The van der Waals surface area contributed by atoms with Gasteiger partial charge in [0.15, 0.2) is 0 Å². The van der Waals surface area contributed by atoms with Crippen LogP contribution in [0.15, 0.2) is 48.7 Å². The Morgan fingerprint density at radius 2 is 1.97 bits per heavy atom. The van der Waals surface area contributed by atoms with E-state index in [1.165, 1.54) is 21.7 Å². The molecule has 4 amide bonds. The summed E-state index contributed by atoms with van der Waals surface area (Å²) >= 11 is 5.82. The lowest BCUT2D eigenvalue weighted by Crippen LogP contribution is -2.51. The first kappa shape index (κ1) is 21.3. The Balaban J connectivity index is 1.34. The van der Waals surface area contributed by atoms with Gasteiger partial charge in [0.2, 0.25) is 5.91 Å². The van der Waals surface area contributed by atoms with E-state index < -0.39 is 23.4 Å². The Bertz CT molecular complexity index is 1310. The quantitative estimate of drug-likeness (QED) is 0.542. The van der Waals surface area contributed by atoms with Crippen molar-refractivity contribution in [2.75, 3.05) is 11.9 Å². The number of rotatable bonds is 4. The van der Waals surface area contributed by atoms with Gasteiger partial charge in [-0.1, -0.05) is 41.9 Å². The van der Waals surface area contributed by atoms with Gasteiger partial charge in [-0.15, -0.1) is 0 Å². The molecule has 0 radical (unpaired) electrons. The number of nitrogens with two attached hydrogens (primary N) is 1. The molecule has 8 nitrogen and oxygen atoms in total. The van der Waals surface area contributed by atoms with Crippen LogP contribution in [0.4, 0.5) is 19.7 Å². The number of aromatic nitrogens is 1. The summed E-state index contributed by atoms with van der Waals surface area (Å²) in [7, 11) is 0. The van der Waals surface area contributed by atoms with Crippen LogP contribution in [-0.4, -0.2) is 39.5 Å². The highest BCUT2D eigenvalue weighted by Crippen LogP contribution is 2.56. The first-order valence-corrected chi connectivity index (χ1v) is 10.9. The third-order valence-corrected chi connectivity index (χ3v) is 6.85. The predicted molar refractivity (Wildman–Crippen MR) is 121 cm³/mol. The highest BCUT2D eigenvalue weighted by Gasteiger charge is 2.68. The van der Waals surface area contributed by atoms with Crippen molar-refractivity contribution in [3.8, 4) is 0 Å². The van der Waals surface area contributed by atoms with Gasteiger partial charge in [0.1, 0.15) is 11.4 Å². The summed E-state index contributed by atoms with van der Waals surface area (Å²) in [6.07, 6.45) is 2.72. The van der Waals surface area contributed by atoms with E-state index >= 15 is 0 Å². The van der Waals surface area contributed by atoms with Crippen LogP contribution in [0, 0.1) is 11.7 Å². The minimum absolute atomic E-state index is 0.0128. The molecule has 2 aliphatic rings. The fourth-order valence-electron chi connectivity index (χ4n) is 4.81. The maximum atomic E-state index is 14.2. The lowest BCUT2D eigenvalue weighted by Gasteiger charge is -2.27. The molecule has 2 heterocycles. The van der Waals surface area contributed by atoms with Crippen LogP contribution < -0.4 is 16.4 Å². The Morgan fingerprint density at radius 1 is 1.18 bits per heavy atom. The van der Waals surface area contributed by atoms with Crippen molar-refractivity contribution in [3.05, 3.63) is 65.1 Å². The Kier molecular flexibility index (Phi) is 5.01. The van der Waals surface area contributed by atoms with E-state index in [1.807, 2.05) is 0 Å². The normalized spacial score (nSPS) is 21.0. The maximum Gasteiger partial charge on any atom is 0.323 e. The number of urea groups is 1. The van der Waals surface area contributed by atoms with Gasteiger partial charge in [-0.2, -0.15) is 0 Å². The minimum Gasteiger partial charge on any atom is -0.351 e. The van der Waals surface area contributed by atoms with Gasteiger partial charge in [0, 0.05) is 30.2 Å². The molecule has 4 N–H and O–H groups in total. The number of hydrogen-bond donors (Lipinski definition) is 3. The van der Waals surface area contributed by atoms with Crippen molar-refractivity contribution in [1.29, 1.82) is 0 Å². The molecule has 2 fully saturated rings. The fraction of sp³-hybridized carbons (Fsp3) is 0.261. The molecule has 2 atom stereocenters. The number of para-hydroxylation sites is 1. The number of hydrogen-bond acceptors (Lipinski definition) is 3. The second-order valence-electron chi connectivity index (χ2n) is 8.36. The number of anilines is 1. The fourth-order valence-corrected chi connectivity index (χ4v) is 5.01. The zero-order valence-corrected chi connectivity index (χ0v) is 18.2. The van der Waals surface area contributed by atoms with Crippen molar-refractivity contribution in [3.63, 3.8) is 0 Å². The number of benzene rings is 2. The molecule has 170 valence electrons. The Hall–Kier alpha value is -3.59. The summed E-state index contributed by atoms with van der Waals surface area (Å²) in [5, 5.41) is 6.24. The van der Waals surface area contributed by atoms with Crippen molar-refractivity contribution < 1.29 is 18.8 Å². The van der Waals surface area contributed by atoms with Gasteiger partial charge in [-0.3, -0.25) is 9.36 Å². The molecule has 1 aromatic heterocycles. The zero-order valence-electron chi connectivity index (χ0n) is 17.5. The van der Waals surface area contributed by atoms with Gasteiger partial charge < -0.3 is 21.3 Å². The molecule has 3 aromatic rings. The number of fused-ring (bicyclic) bond motifs is 2. The van der Waals surface area contributed by atoms with E-state index in [2.05, 4.69) is 10.6 Å². The molecule has 33 heavy (non-hydrogen) atoms. The maximum absolute atomic E-state index is 14.2. The lowest BCUT2D eigenvalue weighted by molar-refractivity contribution is -0.126. The third kappa shape index (κ3) is 3.39. The van der Waals surface area contributed by atoms with Crippen LogP contribution in [0.1, 0.15) is 18.4 Å². The molecule has 5 rings (SSSR count). The first-order valence-electron chi connectivity index (χ1n) is 10.5. The van der Waals surface area contributed by atoms with Gasteiger partial charge in [-0.25, -0.2) is 14.0 Å². The monoisotopic (exact) mass is 469 g/mol. The minimum atomic E-state index is -0.957. The van der Waals surface area contributed by atoms with Gasteiger partial charge in [0.05, 0.1) is 16.2 Å². The van der Waals surface area contributed by atoms with E-state index in [1.54, 1.807) is 36.4 Å². The van der Waals surface area contributed by atoms with Crippen LogP contribution in [0.25, 0.3) is 10.9 Å². The molecular weight excluding hydrogens is 449 g/mol. The van der Waals surface area contributed by atoms with Crippen LogP contribution in [0.2, 0.25) is 5.02 Å². The summed E-state index contributed by atoms with van der Waals surface area (Å²) < 4.78 is 15.4. The average Bonchev–Trinajstić information content (AvgIpc) is 3.23. The van der Waals surface area contributed by atoms with Crippen molar-refractivity contribution in [2.45, 2.75) is 24.9 Å². The predicted octanol–water partition coefficient (Wildman–Crippen LogP) is 3.67. The molecule has 1 aliphatic heterocycles. The molecule has 0 spiro atoms. The summed E-state index contributed by atoms with van der Waals surface area (Å²) in [4.78, 5) is 39.6. The van der Waals surface area contributed by atoms with E-state index in [-0.39, 0.29) is 29.0 Å². The second-order valence-corrected chi connectivity index (χ2v) is 8.77.